The fraction of sp³-hybridized carbons (Fsp3) is 0.188. The van der Waals surface area contributed by atoms with Crippen molar-refractivity contribution >= 4 is 23.0 Å². The monoisotopic (exact) mass is 344 g/mol. The molecule has 8 heteroatoms. The van der Waals surface area contributed by atoms with Crippen LogP contribution in [0.1, 0.15) is 0 Å². The highest BCUT2D eigenvalue weighted by molar-refractivity contribution is 7.13. The Morgan fingerprint density at radius 3 is 2.29 bits per heavy atom. The second-order valence-electron chi connectivity index (χ2n) is 4.64. The van der Waals surface area contributed by atoms with Crippen molar-refractivity contribution < 1.29 is 14.2 Å². The Morgan fingerprint density at radius 1 is 0.958 bits per heavy atom. The van der Waals surface area contributed by atoms with Crippen molar-refractivity contribution in [2.75, 3.05) is 26.6 Å². The number of nitrogens with one attached hydrogen (secondary N) is 1. The van der Waals surface area contributed by atoms with Gasteiger partial charge in [-0.2, -0.15) is 0 Å². The maximum atomic E-state index is 5.35. The lowest BCUT2D eigenvalue weighted by Crippen LogP contribution is -2.00. The number of nitrogens with zero attached hydrogens (tertiary/aromatic N) is 3. The summed E-state index contributed by atoms with van der Waals surface area (Å²) >= 11 is 1.52. The van der Waals surface area contributed by atoms with E-state index in [0.717, 1.165) is 16.4 Å². The molecular weight excluding hydrogens is 328 g/mol. The van der Waals surface area contributed by atoms with E-state index in [0.29, 0.717) is 23.2 Å². The van der Waals surface area contributed by atoms with Crippen molar-refractivity contribution in [2.24, 2.45) is 0 Å². The van der Waals surface area contributed by atoms with Gasteiger partial charge < -0.3 is 19.5 Å². The molecule has 124 valence electrons. The SMILES string of the molecule is COc1cc(Nc2nccc(-c3nccs3)n2)cc(OC)c1OC. The Labute approximate surface area is 143 Å². The zero-order valence-corrected chi connectivity index (χ0v) is 14.3. The van der Waals surface area contributed by atoms with E-state index in [2.05, 4.69) is 20.3 Å². The van der Waals surface area contributed by atoms with Crippen LogP contribution in [-0.2, 0) is 0 Å². The molecule has 0 amide bonds. The van der Waals surface area contributed by atoms with Gasteiger partial charge in [0.25, 0.3) is 0 Å². The fourth-order valence-electron chi connectivity index (χ4n) is 2.17. The summed E-state index contributed by atoms with van der Waals surface area (Å²) in [5, 5.41) is 5.89. The van der Waals surface area contributed by atoms with Crippen molar-refractivity contribution in [3.05, 3.63) is 36.0 Å². The number of anilines is 2. The third-order valence-electron chi connectivity index (χ3n) is 3.23. The molecule has 2 aromatic heterocycles. The molecule has 0 atom stereocenters. The number of hydrogen-bond donors (Lipinski definition) is 1. The average molecular weight is 344 g/mol. The van der Waals surface area contributed by atoms with Gasteiger partial charge in [0.05, 0.1) is 21.3 Å². The van der Waals surface area contributed by atoms with Crippen LogP contribution in [-0.4, -0.2) is 36.3 Å². The molecule has 24 heavy (non-hydrogen) atoms. The maximum Gasteiger partial charge on any atom is 0.227 e. The molecule has 3 rings (SSSR count). The summed E-state index contributed by atoms with van der Waals surface area (Å²) < 4.78 is 16.0. The molecule has 0 aliphatic heterocycles. The van der Waals surface area contributed by atoms with Gasteiger partial charge >= 0.3 is 0 Å². The number of benzene rings is 1. The number of hydrogen-bond acceptors (Lipinski definition) is 8. The van der Waals surface area contributed by atoms with E-state index < -0.39 is 0 Å². The van der Waals surface area contributed by atoms with Gasteiger partial charge in [0.15, 0.2) is 11.5 Å². The molecule has 0 radical (unpaired) electrons. The molecule has 0 aliphatic rings. The highest BCUT2D eigenvalue weighted by Crippen LogP contribution is 2.40. The van der Waals surface area contributed by atoms with Gasteiger partial charge in [-0.25, -0.2) is 15.0 Å². The first-order valence-electron chi connectivity index (χ1n) is 7.05. The topological polar surface area (TPSA) is 78.4 Å². The zero-order chi connectivity index (χ0) is 16.9. The minimum absolute atomic E-state index is 0.456. The average Bonchev–Trinajstić information content (AvgIpc) is 3.15. The molecule has 0 saturated carbocycles. The van der Waals surface area contributed by atoms with Crippen LogP contribution in [0.4, 0.5) is 11.6 Å². The smallest absolute Gasteiger partial charge is 0.227 e. The predicted octanol–water partition coefficient (Wildman–Crippen LogP) is 3.37. The molecule has 2 heterocycles. The van der Waals surface area contributed by atoms with Crippen LogP contribution in [0.15, 0.2) is 36.0 Å². The fourth-order valence-corrected chi connectivity index (χ4v) is 2.78. The standard InChI is InChI=1S/C16H16N4O3S/c1-21-12-8-10(9-13(22-2)14(12)23-3)19-16-18-5-4-11(20-16)15-17-6-7-24-15/h4-9H,1-3H3,(H,18,19,20). The van der Waals surface area contributed by atoms with Gasteiger partial charge in [-0.1, -0.05) is 0 Å². The number of ether oxygens (including phenoxy) is 3. The Kier molecular flexibility index (Phi) is 4.76. The quantitative estimate of drug-likeness (QED) is 0.734. The van der Waals surface area contributed by atoms with E-state index in [4.69, 9.17) is 14.2 Å². The molecule has 0 unspecified atom stereocenters. The van der Waals surface area contributed by atoms with Gasteiger partial charge in [0.2, 0.25) is 11.7 Å². The highest BCUT2D eigenvalue weighted by Gasteiger charge is 2.14. The summed E-state index contributed by atoms with van der Waals surface area (Å²) in [7, 11) is 4.70. The summed E-state index contributed by atoms with van der Waals surface area (Å²) in [6.07, 6.45) is 3.43. The Bertz CT molecular complexity index is 799. The van der Waals surface area contributed by atoms with Crippen LogP contribution in [0.5, 0.6) is 17.2 Å². The molecule has 0 saturated heterocycles. The maximum absolute atomic E-state index is 5.35. The molecule has 0 fully saturated rings. The van der Waals surface area contributed by atoms with E-state index in [-0.39, 0.29) is 0 Å². The Morgan fingerprint density at radius 2 is 1.71 bits per heavy atom. The lowest BCUT2D eigenvalue weighted by Gasteiger charge is -2.14. The predicted molar refractivity (Wildman–Crippen MR) is 92.5 cm³/mol. The van der Waals surface area contributed by atoms with Gasteiger partial charge in [-0.15, -0.1) is 11.3 Å². The number of methoxy groups -OCH3 is 3. The summed E-state index contributed by atoms with van der Waals surface area (Å²) in [4.78, 5) is 13.0. The normalized spacial score (nSPS) is 10.3. The van der Waals surface area contributed by atoms with Crippen molar-refractivity contribution in [1.82, 2.24) is 15.0 Å². The first-order chi connectivity index (χ1) is 11.7. The molecular formula is C16H16N4O3S. The van der Waals surface area contributed by atoms with E-state index in [9.17, 15) is 0 Å². The largest absolute Gasteiger partial charge is 0.493 e. The molecule has 1 aromatic carbocycles. The van der Waals surface area contributed by atoms with Crippen molar-refractivity contribution in [3.8, 4) is 28.0 Å². The van der Waals surface area contributed by atoms with Gasteiger partial charge in [0.1, 0.15) is 10.7 Å². The third kappa shape index (κ3) is 3.23. The van der Waals surface area contributed by atoms with Gasteiger partial charge in [-0.05, 0) is 6.07 Å². The van der Waals surface area contributed by atoms with Crippen molar-refractivity contribution in [3.63, 3.8) is 0 Å². The molecule has 0 spiro atoms. The van der Waals surface area contributed by atoms with Crippen LogP contribution in [0.2, 0.25) is 0 Å². The number of aromatic nitrogens is 3. The minimum atomic E-state index is 0.456. The van der Waals surface area contributed by atoms with Crippen LogP contribution >= 0.6 is 11.3 Å². The van der Waals surface area contributed by atoms with Crippen molar-refractivity contribution in [2.45, 2.75) is 0 Å². The summed E-state index contributed by atoms with van der Waals surface area (Å²) in [5.41, 5.74) is 1.48. The molecule has 0 bridgehead atoms. The lowest BCUT2D eigenvalue weighted by molar-refractivity contribution is 0.324. The van der Waals surface area contributed by atoms with E-state index in [1.165, 1.54) is 11.3 Å². The Balaban J connectivity index is 1.92. The van der Waals surface area contributed by atoms with E-state index >= 15 is 0 Å². The molecule has 3 aromatic rings. The first kappa shape index (κ1) is 16.0. The molecule has 7 nitrogen and oxygen atoms in total. The second kappa shape index (κ2) is 7.14. The van der Waals surface area contributed by atoms with Crippen molar-refractivity contribution in [1.29, 1.82) is 0 Å². The highest BCUT2D eigenvalue weighted by atomic mass is 32.1. The third-order valence-corrected chi connectivity index (χ3v) is 4.02. The van der Waals surface area contributed by atoms with Crippen LogP contribution < -0.4 is 19.5 Å². The second-order valence-corrected chi connectivity index (χ2v) is 5.54. The van der Waals surface area contributed by atoms with Crippen LogP contribution in [0.3, 0.4) is 0 Å². The lowest BCUT2D eigenvalue weighted by atomic mass is 10.2. The summed E-state index contributed by atoms with van der Waals surface area (Å²) in [5.74, 6) is 2.09. The van der Waals surface area contributed by atoms with E-state index in [1.54, 1.807) is 45.9 Å². The Hall–Kier alpha value is -2.87. The van der Waals surface area contributed by atoms with E-state index in [1.807, 2.05) is 11.4 Å². The molecule has 0 aliphatic carbocycles. The van der Waals surface area contributed by atoms with Gasteiger partial charge in [-0.3, -0.25) is 0 Å². The first-order valence-corrected chi connectivity index (χ1v) is 7.93. The molecule has 1 N–H and O–H groups in total. The van der Waals surface area contributed by atoms with Crippen LogP contribution in [0.25, 0.3) is 10.7 Å². The summed E-state index contributed by atoms with van der Waals surface area (Å²) in [6, 6.07) is 5.40. The minimum Gasteiger partial charge on any atom is -0.493 e. The zero-order valence-electron chi connectivity index (χ0n) is 13.4. The number of thiazole rings is 1. The number of rotatable bonds is 6. The summed E-state index contributed by atoms with van der Waals surface area (Å²) in [6.45, 7) is 0. The van der Waals surface area contributed by atoms with Crippen LogP contribution in [0, 0.1) is 0 Å². The van der Waals surface area contributed by atoms with Gasteiger partial charge in [0, 0.05) is 35.6 Å².